The Morgan fingerprint density at radius 3 is 2.34 bits per heavy atom. The van der Waals surface area contributed by atoms with Gasteiger partial charge in [-0.1, -0.05) is 56.3 Å². The van der Waals surface area contributed by atoms with Gasteiger partial charge < -0.3 is 10.2 Å². The van der Waals surface area contributed by atoms with E-state index in [9.17, 15) is 9.59 Å². The molecule has 1 heterocycles. The van der Waals surface area contributed by atoms with Crippen molar-refractivity contribution in [2.75, 3.05) is 10.2 Å². The quantitative estimate of drug-likeness (QED) is 0.562. The summed E-state index contributed by atoms with van der Waals surface area (Å²) in [6, 6.07) is 20.3. The van der Waals surface area contributed by atoms with E-state index in [1.807, 2.05) is 54.6 Å². The van der Waals surface area contributed by atoms with Gasteiger partial charge in [0.05, 0.1) is 0 Å². The Kier molecular flexibility index (Phi) is 5.39. The van der Waals surface area contributed by atoms with E-state index in [1.165, 1.54) is 0 Å². The van der Waals surface area contributed by atoms with Gasteiger partial charge >= 0.3 is 0 Å². The average molecular weight is 469 g/mol. The lowest BCUT2D eigenvalue weighted by molar-refractivity contribution is -0.128. The number of benzene rings is 2. The van der Waals surface area contributed by atoms with Crippen LogP contribution in [0.25, 0.3) is 0 Å². The number of nitrogens with zero attached hydrogens (tertiary/aromatic N) is 1. The highest BCUT2D eigenvalue weighted by molar-refractivity contribution is 6.03. The van der Waals surface area contributed by atoms with E-state index in [2.05, 4.69) is 42.3 Å². The van der Waals surface area contributed by atoms with Gasteiger partial charge in [0.1, 0.15) is 0 Å². The fraction of sp³-hybridized carbons (Fsp3) is 0.484. The molecule has 2 unspecified atom stereocenters. The van der Waals surface area contributed by atoms with E-state index >= 15 is 0 Å². The van der Waals surface area contributed by atoms with Crippen LogP contribution in [0, 0.1) is 34.5 Å². The molecule has 182 valence electrons. The van der Waals surface area contributed by atoms with Gasteiger partial charge in [-0.3, -0.25) is 9.59 Å². The van der Waals surface area contributed by atoms with Crippen LogP contribution in [0.15, 0.2) is 72.8 Å². The predicted molar refractivity (Wildman–Crippen MR) is 140 cm³/mol. The van der Waals surface area contributed by atoms with Crippen molar-refractivity contribution in [1.29, 1.82) is 0 Å². The third-order valence-electron chi connectivity index (χ3n) is 10.3. The molecule has 4 aliphatic rings. The molecule has 6 rings (SSSR count). The van der Waals surface area contributed by atoms with Crippen LogP contribution in [0.5, 0.6) is 0 Å². The summed E-state index contributed by atoms with van der Waals surface area (Å²) in [5.41, 5.74) is 1.93. The lowest BCUT2D eigenvalue weighted by atomic mass is 9.47. The van der Waals surface area contributed by atoms with E-state index < -0.39 is 0 Å². The Hall–Kier alpha value is -2.88. The lowest BCUT2D eigenvalue weighted by Gasteiger charge is -2.60. The number of amides is 2. The second kappa shape index (κ2) is 8.36. The standard InChI is InChI=1S/C31H36N2O2/c1-30-19-17-25-23(24(30)14-15-26(30)29(35)32-21-9-5-3-6-10-21)13-16-27-31(25,2)20-18-28(34)33(27)22-11-7-4-8-12-22/h3-12,18,20,23-27H,13-17,19H2,1-2H3,(H,32,35)/t23-,24-,25+,26?,27?,30-,31+/m0/s1. The number of rotatable bonds is 3. The molecule has 3 saturated carbocycles. The number of nitrogens with one attached hydrogen (secondary N) is 1. The van der Waals surface area contributed by atoms with Gasteiger partial charge in [-0.25, -0.2) is 0 Å². The first-order valence-corrected chi connectivity index (χ1v) is 13.4. The highest BCUT2D eigenvalue weighted by Gasteiger charge is 2.61. The third-order valence-corrected chi connectivity index (χ3v) is 10.3. The van der Waals surface area contributed by atoms with E-state index in [-0.39, 0.29) is 34.6 Å². The Bertz CT molecular complexity index is 1150. The monoisotopic (exact) mass is 468 g/mol. The summed E-state index contributed by atoms with van der Waals surface area (Å²) in [7, 11) is 0. The molecule has 2 aromatic carbocycles. The second-order valence-corrected chi connectivity index (χ2v) is 11.7. The van der Waals surface area contributed by atoms with E-state index in [0.717, 1.165) is 49.9 Å². The third kappa shape index (κ3) is 3.48. The lowest BCUT2D eigenvalue weighted by Crippen LogP contribution is -2.61. The first kappa shape index (κ1) is 22.6. The largest absolute Gasteiger partial charge is 0.326 e. The van der Waals surface area contributed by atoms with Crippen molar-refractivity contribution in [3.8, 4) is 0 Å². The van der Waals surface area contributed by atoms with Crippen LogP contribution in [0.1, 0.15) is 52.4 Å². The molecule has 2 amide bonds. The molecule has 35 heavy (non-hydrogen) atoms. The fourth-order valence-corrected chi connectivity index (χ4v) is 8.57. The maximum absolute atomic E-state index is 13.4. The molecule has 4 heteroatoms. The molecule has 0 radical (unpaired) electrons. The van der Waals surface area contributed by atoms with Crippen LogP contribution < -0.4 is 10.2 Å². The van der Waals surface area contributed by atoms with Gasteiger partial charge in [0.2, 0.25) is 5.91 Å². The number of anilines is 2. The molecule has 1 N–H and O–H groups in total. The summed E-state index contributed by atoms with van der Waals surface area (Å²) in [6.45, 7) is 4.78. The van der Waals surface area contributed by atoms with Crippen molar-refractivity contribution in [2.24, 2.45) is 34.5 Å². The summed E-state index contributed by atoms with van der Waals surface area (Å²) in [6.07, 6.45) is 10.6. The van der Waals surface area contributed by atoms with Crippen LogP contribution in [0.4, 0.5) is 11.4 Å². The van der Waals surface area contributed by atoms with Crippen molar-refractivity contribution in [1.82, 2.24) is 0 Å². The zero-order valence-electron chi connectivity index (χ0n) is 20.8. The van der Waals surface area contributed by atoms with Gasteiger partial charge in [0.25, 0.3) is 5.91 Å². The van der Waals surface area contributed by atoms with Crippen LogP contribution in [-0.2, 0) is 9.59 Å². The normalized spacial score (nSPS) is 37.8. The zero-order chi connectivity index (χ0) is 24.2. The first-order chi connectivity index (χ1) is 16.9. The number of para-hydroxylation sites is 2. The molecule has 3 fully saturated rings. The molecule has 4 nitrogen and oxygen atoms in total. The molecule has 0 spiro atoms. The number of fused-ring (bicyclic) bond motifs is 5. The van der Waals surface area contributed by atoms with Gasteiger partial charge in [-0.2, -0.15) is 0 Å². The molecule has 0 saturated heterocycles. The molecule has 7 atom stereocenters. The first-order valence-electron chi connectivity index (χ1n) is 13.4. The highest BCUT2D eigenvalue weighted by atomic mass is 16.2. The Balaban J connectivity index is 1.26. The van der Waals surface area contributed by atoms with Crippen molar-refractivity contribution in [3.63, 3.8) is 0 Å². The van der Waals surface area contributed by atoms with E-state index in [4.69, 9.17) is 0 Å². The van der Waals surface area contributed by atoms with E-state index in [1.54, 1.807) is 0 Å². The Morgan fingerprint density at radius 1 is 0.886 bits per heavy atom. The maximum Gasteiger partial charge on any atom is 0.250 e. The molecule has 3 aliphatic carbocycles. The SMILES string of the molecule is C[C@]12C=CC(=O)N(c3ccccc3)C1CC[C@@H]1[C@H]2CC[C@]2(C)C(C(=O)Nc3ccccc3)CC[C@@H]12. The summed E-state index contributed by atoms with van der Waals surface area (Å²) in [5, 5.41) is 3.20. The van der Waals surface area contributed by atoms with Crippen LogP contribution in [-0.4, -0.2) is 17.9 Å². The van der Waals surface area contributed by atoms with Crippen molar-refractivity contribution >= 4 is 23.2 Å². The number of hydrogen-bond acceptors (Lipinski definition) is 2. The van der Waals surface area contributed by atoms with Crippen LogP contribution in [0.3, 0.4) is 0 Å². The molecule has 1 aliphatic heterocycles. The van der Waals surface area contributed by atoms with Crippen LogP contribution >= 0.6 is 0 Å². The van der Waals surface area contributed by atoms with Crippen molar-refractivity contribution in [2.45, 2.75) is 58.4 Å². The van der Waals surface area contributed by atoms with Gasteiger partial charge in [-0.15, -0.1) is 0 Å². The summed E-state index contributed by atoms with van der Waals surface area (Å²) >= 11 is 0. The minimum absolute atomic E-state index is 0.0294. The Labute approximate surface area is 208 Å². The number of hydrogen-bond donors (Lipinski definition) is 1. The van der Waals surface area contributed by atoms with Crippen molar-refractivity contribution < 1.29 is 9.59 Å². The topological polar surface area (TPSA) is 49.4 Å². The van der Waals surface area contributed by atoms with E-state index in [0.29, 0.717) is 17.8 Å². The summed E-state index contributed by atoms with van der Waals surface area (Å²) in [5.74, 6) is 2.10. The number of carbonyl (C=O) groups is 2. The average Bonchev–Trinajstić information content (AvgIpc) is 3.23. The van der Waals surface area contributed by atoms with Crippen molar-refractivity contribution in [3.05, 3.63) is 72.8 Å². The number of carbonyl (C=O) groups excluding carboxylic acids is 2. The zero-order valence-corrected chi connectivity index (χ0v) is 20.8. The predicted octanol–water partition coefficient (Wildman–Crippen LogP) is 6.46. The Morgan fingerprint density at radius 2 is 1.60 bits per heavy atom. The molecule has 0 aromatic heterocycles. The van der Waals surface area contributed by atoms with Gasteiger partial charge in [0.15, 0.2) is 0 Å². The second-order valence-electron chi connectivity index (χ2n) is 11.7. The van der Waals surface area contributed by atoms with Gasteiger partial charge in [-0.05, 0) is 86.0 Å². The molecule has 2 aromatic rings. The molecule has 0 bridgehead atoms. The minimum atomic E-state index is -0.0294. The summed E-state index contributed by atoms with van der Waals surface area (Å²) in [4.78, 5) is 28.5. The summed E-state index contributed by atoms with van der Waals surface area (Å²) < 4.78 is 0. The smallest absolute Gasteiger partial charge is 0.250 e. The highest BCUT2D eigenvalue weighted by Crippen LogP contribution is 2.65. The van der Waals surface area contributed by atoms with Gasteiger partial charge in [0, 0.05) is 34.8 Å². The minimum Gasteiger partial charge on any atom is -0.326 e. The fourth-order valence-electron chi connectivity index (χ4n) is 8.57. The maximum atomic E-state index is 13.4. The van der Waals surface area contributed by atoms with Crippen LogP contribution in [0.2, 0.25) is 0 Å². The molecular formula is C31H36N2O2. The molecular weight excluding hydrogens is 432 g/mol.